The summed E-state index contributed by atoms with van der Waals surface area (Å²) in [7, 11) is 1.37. The number of methoxy groups -OCH3 is 1. The fourth-order valence-corrected chi connectivity index (χ4v) is 4.85. The number of aromatic nitrogens is 2. The molecule has 35 heavy (non-hydrogen) atoms. The van der Waals surface area contributed by atoms with E-state index in [1.54, 1.807) is 0 Å². The van der Waals surface area contributed by atoms with Crippen molar-refractivity contribution in [1.29, 1.82) is 0 Å². The fraction of sp³-hybridized carbons (Fsp3) is 0.462. The molecule has 1 fully saturated rings. The number of halogens is 3. The van der Waals surface area contributed by atoms with Crippen LogP contribution in [-0.2, 0) is 16.0 Å². The summed E-state index contributed by atoms with van der Waals surface area (Å²) in [6.45, 7) is 4.55. The smallest absolute Gasteiger partial charge is 0.469 e. The third-order valence-electron chi connectivity index (χ3n) is 6.49. The average molecular weight is 490 g/mol. The molecule has 2 aromatic carbocycles. The summed E-state index contributed by atoms with van der Waals surface area (Å²) in [5.74, 6) is 0.0958. The number of carbonyl (C=O) groups excluding carboxylic acids is 1. The molecule has 1 aliphatic carbocycles. The molecule has 0 spiro atoms. The number of ether oxygens (including phenoxy) is 2. The Labute approximate surface area is 202 Å². The molecule has 1 atom stereocenters. The van der Waals surface area contributed by atoms with E-state index in [1.807, 2.05) is 18.2 Å². The molecule has 3 aromatic rings. The lowest BCUT2D eigenvalue weighted by Gasteiger charge is -2.36. The number of fused-ring (bicyclic) bond motifs is 1. The van der Waals surface area contributed by atoms with E-state index in [-0.39, 0.29) is 29.6 Å². The molecule has 1 N–H and O–H groups in total. The first-order valence-electron chi connectivity index (χ1n) is 11.7. The number of carbonyl (C=O) groups is 1. The van der Waals surface area contributed by atoms with Crippen LogP contribution in [0.2, 0.25) is 0 Å². The molecule has 0 saturated heterocycles. The molecule has 0 amide bonds. The molecule has 1 unspecified atom stereocenters. The van der Waals surface area contributed by atoms with Crippen molar-refractivity contribution in [1.82, 2.24) is 9.55 Å². The Morgan fingerprint density at radius 3 is 2.60 bits per heavy atom. The van der Waals surface area contributed by atoms with E-state index < -0.39 is 6.36 Å². The van der Waals surface area contributed by atoms with Crippen LogP contribution in [0.4, 0.5) is 24.8 Å². The first kappa shape index (κ1) is 24.9. The average Bonchev–Trinajstić information content (AvgIpc) is 3.14. The van der Waals surface area contributed by atoms with Crippen LogP contribution >= 0.6 is 0 Å². The Balaban J connectivity index is 1.66. The largest absolute Gasteiger partial charge is 0.573 e. The standard InChI is InChI=1S/C26H30F3N3O3/c1-25(2)14-4-5-19(16-25)32-22-12-6-17(7-13-23(33)34-3)15-21(22)31-24(32)30-18-8-10-20(11-9-18)35-26(27,28)29/h6,8-12,15,19H,4-5,7,13-14,16H2,1-3H3,(H,30,31). The van der Waals surface area contributed by atoms with Crippen molar-refractivity contribution in [2.45, 2.75) is 64.8 Å². The van der Waals surface area contributed by atoms with Gasteiger partial charge in [0.05, 0.1) is 18.1 Å². The van der Waals surface area contributed by atoms with Gasteiger partial charge in [-0.1, -0.05) is 26.3 Å². The Morgan fingerprint density at radius 2 is 1.94 bits per heavy atom. The van der Waals surface area contributed by atoms with Crippen LogP contribution in [0.1, 0.15) is 57.6 Å². The molecule has 1 aromatic heterocycles. The minimum atomic E-state index is -4.73. The van der Waals surface area contributed by atoms with E-state index >= 15 is 0 Å². The summed E-state index contributed by atoms with van der Waals surface area (Å²) in [5.41, 5.74) is 3.58. The van der Waals surface area contributed by atoms with Crippen molar-refractivity contribution in [3.8, 4) is 5.75 Å². The predicted molar refractivity (Wildman–Crippen MR) is 128 cm³/mol. The highest BCUT2D eigenvalue weighted by atomic mass is 19.4. The normalized spacial score (nSPS) is 17.8. The number of imidazole rings is 1. The number of esters is 1. The Kier molecular flexibility index (Phi) is 6.96. The van der Waals surface area contributed by atoms with Crippen LogP contribution in [0.3, 0.4) is 0 Å². The summed E-state index contributed by atoms with van der Waals surface area (Å²) in [5, 5.41) is 3.30. The summed E-state index contributed by atoms with van der Waals surface area (Å²) in [4.78, 5) is 16.4. The molecule has 1 aliphatic rings. The number of anilines is 2. The van der Waals surface area contributed by atoms with Gasteiger partial charge >= 0.3 is 12.3 Å². The number of hydrogen-bond donors (Lipinski definition) is 1. The summed E-state index contributed by atoms with van der Waals surface area (Å²) in [6, 6.07) is 11.9. The first-order chi connectivity index (χ1) is 16.5. The summed E-state index contributed by atoms with van der Waals surface area (Å²) in [6.07, 6.45) is 0.394. The molecule has 9 heteroatoms. The van der Waals surface area contributed by atoms with Crippen molar-refractivity contribution in [3.63, 3.8) is 0 Å². The van der Waals surface area contributed by atoms with Crippen molar-refractivity contribution in [2.24, 2.45) is 5.41 Å². The number of nitrogens with zero attached hydrogens (tertiary/aromatic N) is 2. The maximum absolute atomic E-state index is 12.5. The lowest BCUT2D eigenvalue weighted by molar-refractivity contribution is -0.274. The van der Waals surface area contributed by atoms with Gasteiger partial charge < -0.3 is 19.4 Å². The van der Waals surface area contributed by atoms with Crippen LogP contribution in [0.5, 0.6) is 5.75 Å². The zero-order chi connectivity index (χ0) is 25.2. The molecular weight excluding hydrogens is 459 g/mol. The lowest BCUT2D eigenvalue weighted by Crippen LogP contribution is -2.25. The van der Waals surface area contributed by atoms with E-state index in [4.69, 9.17) is 9.72 Å². The van der Waals surface area contributed by atoms with Crippen molar-refractivity contribution < 1.29 is 27.4 Å². The Hall–Kier alpha value is -3.23. The van der Waals surface area contributed by atoms with Gasteiger partial charge in [-0.05, 0) is 73.1 Å². The van der Waals surface area contributed by atoms with Crippen LogP contribution in [0.15, 0.2) is 42.5 Å². The van der Waals surface area contributed by atoms with Gasteiger partial charge in [0.2, 0.25) is 5.95 Å². The second-order valence-electron chi connectivity index (χ2n) is 9.82. The highest BCUT2D eigenvalue weighted by Crippen LogP contribution is 2.43. The van der Waals surface area contributed by atoms with E-state index in [0.29, 0.717) is 18.1 Å². The molecule has 0 bridgehead atoms. The lowest BCUT2D eigenvalue weighted by atomic mass is 9.75. The molecule has 6 nitrogen and oxygen atoms in total. The van der Waals surface area contributed by atoms with Gasteiger partial charge in [-0.2, -0.15) is 0 Å². The first-order valence-corrected chi connectivity index (χ1v) is 11.7. The quantitative estimate of drug-likeness (QED) is 0.365. The Bertz CT molecular complexity index is 1190. The van der Waals surface area contributed by atoms with Crippen molar-refractivity contribution in [2.75, 3.05) is 12.4 Å². The van der Waals surface area contributed by atoms with Crippen molar-refractivity contribution in [3.05, 3.63) is 48.0 Å². The van der Waals surface area contributed by atoms with Crippen molar-refractivity contribution >= 4 is 28.6 Å². The summed E-state index contributed by atoms with van der Waals surface area (Å²) >= 11 is 0. The fourth-order valence-electron chi connectivity index (χ4n) is 4.85. The zero-order valence-electron chi connectivity index (χ0n) is 20.1. The minimum absolute atomic E-state index is 0.202. The van der Waals surface area contributed by atoms with E-state index in [1.165, 1.54) is 31.4 Å². The molecule has 4 rings (SSSR count). The van der Waals surface area contributed by atoms with E-state index in [9.17, 15) is 18.0 Å². The number of benzene rings is 2. The van der Waals surface area contributed by atoms with E-state index in [0.717, 1.165) is 42.3 Å². The van der Waals surface area contributed by atoms with Crippen LogP contribution in [0, 0.1) is 5.41 Å². The molecule has 0 aliphatic heterocycles. The molecule has 0 radical (unpaired) electrons. The van der Waals surface area contributed by atoms with E-state index in [2.05, 4.69) is 28.5 Å². The van der Waals surface area contributed by atoms with Gasteiger partial charge in [0.1, 0.15) is 5.75 Å². The van der Waals surface area contributed by atoms with Crippen LogP contribution in [0.25, 0.3) is 11.0 Å². The molecule has 1 saturated carbocycles. The topological polar surface area (TPSA) is 65.4 Å². The number of aryl methyl sites for hydroxylation is 1. The monoisotopic (exact) mass is 489 g/mol. The highest BCUT2D eigenvalue weighted by molar-refractivity contribution is 5.81. The van der Waals surface area contributed by atoms with Gasteiger partial charge in [-0.25, -0.2) is 4.98 Å². The number of alkyl halides is 3. The predicted octanol–water partition coefficient (Wildman–Crippen LogP) is 6.93. The second-order valence-corrected chi connectivity index (χ2v) is 9.82. The Morgan fingerprint density at radius 1 is 1.20 bits per heavy atom. The molecular formula is C26H30F3N3O3. The summed E-state index contributed by atoms with van der Waals surface area (Å²) < 4.78 is 48.4. The van der Waals surface area contributed by atoms with Gasteiger partial charge in [0, 0.05) is 18.2 Å². The van der Waals surface area contributed by atoms with Gasteiger partial charge in [0.15, 0.2) is 0 Å². The number of nitrogens with one attached hydrogen (secondary N) is 1. The zero-order valence-corrected chi connectivity index (χ0v) is 20.1. The number of hydrogen-bond acceptors (Lipinski definition) is 5. The van der Waals surface area contributed by atoms with Gasteiger partial charge in [-0.3, -0.25) is 4.79 Å². The SMILES string of the molecule is COC(=O)CCc1ccc2c(c1)nc(Nc1ccc(OC(F)(F)F)cc1)n2C1CCCC(C)(C)C1. The minimum Gasteiger partial charge on any atom is -0.469 e. The van der Waals surface area contributed by atoms with Crippen LogP contribution < -0.4 is 10.1 Å². The highest BCUT2D eigenvalue weighted by Gasteiger charge is 2.32. The second kappa shape index (κ2) is 9.79. The van der Waals surface area contributed by atoms with Gasteiger partial charge in [0.25, 0.3) is 0 Å². The maximum atomic E-state index is 12.5. The number of rotatable bonds is 7. The maximum Gasteiger partial charge on any atom is 0.573 e. The molecule has 1 heterocycles. The molecule has 188 valence electrons. The van der Waals surface area contributed by atoms with Crippen LogP contribution in [-0.4, -0.2) is 29.0 Å². The third-order valence-corrected chi connectivity index (χ3v) is 6.49. The third kappa shape index (κ3) is 6.26. The van der Waals surface area contributed by atoms with Gasteiger partial charge in [-0.15, -0.1) is 13.2 Å².